The van der Waals surface area contributed by atoms with Gasteiger partial charge in [-0.15, -0.1) is 0 Å². The molecule has 5 rings (SSSR count). The normalized spacial score (nSPS) is 14.7. The van der Waals surface area contributed by atoms with Gasteiger partial charge in [0.2, 0.25) is 0 Å². The van der Waals surface area contributed by atoms with Gasteiger partial charge in [-0.2, -0.15) is 0 Å². The first-order valence-electron chi connectivity index (χ1n) is 11.5. The van der Waals surface area contributed by atoms with Crippen molar-refractivity contribution in [3.63, 3.8) is 0 Å². The van der Waals surface area contributed by atoms with Crippen LogP contribution in [0.2, 0.25) is 0 Å². The number of benzene rings is 4. The summed E-state index contributed by atoms with van der Waals surface area (Å²) in [6, 6.07) is 27.6. The van der Waals surface area contributed by atoms with E-state index in [9.17, 15) is 8.42 Å². The van der Waals surface area contributed by atoms with Crippen molar-refractivity contribution in [3.05, 3.63) is 107 Å². The van der Waals surface area contributed by atoms with Crippen molar-refractivity contribution in [2.75, 3.05) is 8.26 Å². The second-order valence-corrected chi connectivity index (χ2v) is 26.2. The molecule has 178 valence electrons. The summed E-state index contributed by atoms with van der Waals surface area (Å²) in [5.41, 5.74) is 11.9. The van der Waals surface area contributed by atoms with Gasteiger partial charge in [0.15, 0.2) is 0 Å². The minimum atomic E-state index is -4.29. The summed E-state index contributed by atoms with van der Waals surface area (Å²) in [4.78, 5) is 1.16. The number of fused-ring (bicyclic) bond motifs is 1. The zero-order chi connectivity index (χ0) is 25.0. The van der Waals surface area contributed by atoms with Crippen molar-refractivity contribution in [1.29, 1.82) is 0 Å². The Kier molecular flexibility index (Phi) is 6.18. The number of hydrogen-bond acceptors (Lipinski definition) is 4. The molecule has 0 atom stereocenters. The van der Waals surface area contributed by atoms with E-state index in [1.54, 1.807) is 33.2 Å². The minimum absolute atomic E-state index is 0.160. The molecule has 4 nitrogen and oxygen atoms in total. The predicted octanol–water partition coefficient (Wildman–Crippen LogP) is 5.06. The Balaban J connectivity index is 1.93. The summed E-state index contributed by atoms with van der Waals surface area (Å²) in [6.07, 6.45) is 0. The molecular formula is C28H28N2O2S2Sn. The number of nitrogen functional groups attached to an aromatic ring is 1. The summed E-state index contributed by atoms with van der Waals surface area (Å²) in [5, 5.41) is 0. The van der Waals surface area contributed by atoms with Crippen LogP contribution in [0, 0.1) is 27.7 Å². The molecule has 0 unspecified atom stereocenters. The molecule has 0 bridgehead atoms. The van der Waals surface area contributed by atoms with Crippen molar-refractivity contribution in [3.8, 4) is 0 Å². The zero-order valence-corrected chi connectivity index (χ0v) is 24.7. The van der Waals surface area contributed by atoms with Crippen LogP contribution >= 0.6 is 8.95 Å². The van der Waals surface area contributed by atoms with Crippen LogP contribution in [-0.2, 0) is 10.0 Å². The number of rotatable bonds is 4. The molecule has 4 aromatic rings. The number of sulfonamides is 1. The van der Waals surface area contributed by atoms with Crippen LogP contribution in [0.5, 0.6) is 0 Å². The molecule has 0 saturated carbocycles. The van der Waals surface area contributed by atoms with Gasteiger partial charge >= 0.3 is 216 Å². The molecule has 1 aliphatic rings. The summed E-state index contributed by atoms with van der Waals surface area (Å²) < 4.78 is 33.4. The van der Waals surface area contributed by atoms with E-state index in [1.807, 2.05) is 26.8 Å². The quantitative estimate of drug-likeness (QED) is 0.261. The molecule has 0 aliphatic carbocycles. The Morgan fingerprint density at radius 1 is 0.743 bits per heavy atom. The molecule has 0 aromatic heterocycles. The van der Waals surface area contributed by atoms with Gasteiger partial charge in [-0.25, -0.2) is 0 Å². The average Bonchev–Trinajstić information content (AvgIpc) is 3.15. The van der Waals surface area contributed by atoms with Crippen molar-refractivity contribution in [2.24, 2.45) is 0 Å². The third-order valence-electron chi connectivity index (χ3n) is 6.56. The number of para-hydroxylation sites is 2. The van der Waals surface area contributed by atoms with E-state index in [0.717, 1.165) is 40.0 Å². The number of aryl methyl sites for hydroxylation is 4. The van der Waals surface area contributed by atoms with Crippen LogP contribution in [0.1, 0.15) is 22.3 Å². The van der Waals surface area contributed by atoms with E-state index >= 15 is 0 Å². The third-order valence-corrected chi connectivity index (χ3v) is 32.0. The molecule has 0 spiro atoms. The van der Waals surface area contributed by atoms with E-state index in [1.165, 1.54) is 0 Å². The summed E-state index contributed by atoms with van der Waals surface area (Å²) in [6.45, 7) is 8.36. The van der Waals surface area contributed by atoms with E-state index in [2.05, 4.69) is 64.1 Å². The van der Waals surface area contributed by atoms with Gasteiger partial charge in [-0.05, 0) is 0 Å². The van der Waals surface area contributed by atoms with Crippen LogP contribution in [0.25, 0.3) is 0 Å². The molecule has 4 aromatic carbocycles. The molecule has 7 heteroatoms. The number of anilines is 2. The molecule has 2 N–H and O–H groups in total. The standard InChI is InChI=1S/C12H11N2O2S2.2C8H9.Sn/c13-9-5-1-4-8-12(9)18(15,16)14-10-6-2-3-7-11(10)17;2*1-7-4-3-5-8(2)6-7;/h1-8,17H,13H2;2*3-4,6H,1-2H3;/q-1;;;+2/p-1. The number of nitrogens with zero attached hydrogens (tertiary/aromatic N) is 1. The van der Waals surface area contributed by atoms with Crippen LogP contribution < -0.4 is 15.4 Å². The van der Waals surface area contributed by atoms with Crippen molar-refractivity contribution in [2.45, 2.75) is 37.5 Å². The second-order valence-electron chi connectivity index (χ2n) is 9.16. The molecule has 0 saturated heterocycles. The fraction of sp³-hybridized carbons (Fsp3) is 0.143. The van der Waals surface area contributed by atoms with E-state index in [0.29, 0.717) is 0 Å². The van der Waals surface area contributed by atoms with E-state index < -0.39 is 27.3 Å². The van der Waals surface area contributed by atoms with Gasteiger partial charge in [0.1, 0.15) is 0 Å². The molecule has 35 heavy (non-hydrogen) atoms. The molecular weight excluding hydrogens is 579 g/mol. The van der Waals surface area contributed by atoms with Crippen molar-refractivity contribution < 1.29 is 8.42 Å². The average molecular weight is 607 g/mol. The Labute approximate surface area is 214 Å². The van der Waals surface area contributed by atoms with Crippen LogP contribution in [0.4, 0.5) is 11.4 Å². The predicted molar refractivity (Wildman–Crippen MR) is 150 cm³/mol. The van der Waals surface area contributed by atoms with Crippen LogP contribution in [-0.4, -0.2) is 25.7 Å². The number of hydrogen-bond donors (Lipinski definition) is 1. The fourth-order valence-corrected chi connectivity index (χ4v) is 35.1. The second kappa shape index (κ2) is 8.91. The van der Waals surface area contributed by atoms with Crippen molar-refractivity contribution in [1.82, 2.24) is 0 Å². The molecule has 1 aliphatic heterocycles. The first-order valence-corrected chi connectivity index (χ1v) is 21.4. The fourth-order valence-electron chi connectivity index (χ4n) is 5.06. The summed E-state index contributed by atoms with van der Waals surface area (Å²) in [5.74, 6) is 0. The monoisotopic (exact) mass is 608 g/mol. The molecule has 1 heterocycles. The zero-order valence-electron chi connectivity index (χ0n) is 20.2. The SMILES string of the molecule is Cc1cc[c]([Sn]2([c]3ccc(C)cc3C)[S]c3ccccc3[N]2S(=O)(=O)c2ccccc2N)c(C)c1. The Morgan fingerprint density at radius 2 is 1.29 bits per heavy atom. The van der Waals surface area contributed by atoms with Gasteiger partial charge in [-0.1, -0.05) is 0 Å². The van der Waals surface area contributed by atoms with Crippen LogP contribution in [0.15, 0.2) is 94.7 Å². The van der Waals surface area contributed by atoms with Gasteiger partial charge in [0.25, 0.3) is 0 Å². The maximum absolute atomic E-state index is 14.6. The van der Waals surface area contributed by atoms with Gasteiger partial charge in [-0.3, -0.25) is 0 Å². The molecule has 0 amide bonds. The van der Waals surface area contributed by atoms with Gasteiger partial charge in [0.05, 0.1) is 0 Å². The van der Waals surface area contributed by atoms with E-state index in [4.69, 9.17) is 5.73 Å². The topological polar surface area (TPSA) is 63.4 Å². The summed E-state index contributed by atoms with van der Waals surface area (Å²) >= 11 is -4.29. The van der Waals surface area contributed by atoms with Crippen molar-refractivity contribution >= 4 is 54.8 Å². The van der Waals surface area contributed by atoms with E-state index in [-0.39, 0.29) is 10.6 Å². The molecule has 0 fully saturated rings. The van der Waals surface area contributed by atoms with Gasteiger partial charge in [0, 0.05) is 0 Å². The number of nitrogens with two attached hydrogens (primary N) is 1. The first kappa shape index (κ1) is 24.3. The Morgan fingerprint density at radius 3 is 1.86 bits per heavy atom. The summed E-state index contributed by atoms with van der Waals surface area (Å²) in [7, 11) is -2.18. The first-order chi connectivity index (χ1) is 16.7. The van der Waals surface area contributed by atoms with Gasteiger partial charge < -0.3 is 0 Å². The third kappa shape index (κ3) is 3.86. The Bertz CT molecular complexity index is 1520. The Hall–Kier alpha value is -2.42. The van der Waals surface area contributed by atoms with Crippen LogP contribution in [0.3, 0.4) is 0 Å². The maximum atomic E-state index is 14.6. The molecule has 0 radical (unpaired) electrons.